The van der Waals surface area contributed by atoms with Crippen LogP contribution < -0.4 is 0 Å². The van der Waals surface area contributed by atoms with Crippen molar-refractivity contribution < 1.29 is 13.2 Å². The van der Waals surface area contributed by atoms with Gasteiger partial charge in [0.1, 0.15) is 0 Å². The highest BCUT2D eigenvalue weighted by Gasteiger charge is 2.34. The van der Waals surface area contributed by atoms with Gasteiger partial charge in [0.05, 0.1) is 21.6 Å². The van der Waals surface area contributed by atoms with Gasteiger partial charge in [-0.3, -0.25) is 4.79 Å². The van der Waals surface area contributed by atoms with Crippen molar-refractivity contribution in [3.05, 3.63) is 17.5 Å². The van der Waals surface area contributed by atoms with Crippen LogP contribution in [0.4, 0.5) is 0 Å². The zero-order valence-corrected chi connectivity index (χ0v) is 17.4. The average Bonchev–Trinajstić information content (AvgIpc) is 3.32. The summed E-state index contributed by atoms with van der Waals surface area (Å²) in [6.45, 7) is 4.55. The first kappa shape index (κ1) is 19.4. The topological polar surface area (TPSA) is 85.2 Å². The average molecular weight is 415 g/mol. The Morgan fingerprint density at radius 2 is 2.27 bits per heavy atom. The van der Waals surface area contributed by atoms with Crippen LogP contribution in [0.25, 0.3) is 10.7 Å². The van der Waals surface area contributed by atoms with Gasteiger partial charge in [0, 0.05) is 19.6 Å². The van der Waals surface area contributed by atoms with E-state index in [4.69, 9.17) is 0 Å². The third-order valence-electron chi connectivity index (χ3n) is 4.51. The molecule has 1 fully saturated rings. The summed E-state index contributed by atoms with van der Waals surface area (Å²) in [6, 6.07) is 3.73. The summed E-state index contributed by atoms with van der Waals surface area (Å²) in [6.07, 6.45) is 0.510. The molecule has 7 nitrogen and oxygen atoms in total. The number of aromatic nitrogens is 3. The molecule has 1 aliphatic heterocycles. The Morgan fingerprint density at radius 3 is 2.85 bits per heavy atom. The monoisotopic (exact) mass is 414 g/mol. The molecule has 3 heterocycles. The molecular weight excluding hydrogens is 392 g/mol. The van der Waals surface area contributed by atoms with Crippen LogP contribution in [0.3, 0.4) is 0 Å². The molecule has 1 aliphatic rings. The molecule has 26 heavy (non-hydrogen) atoms. The molecule has 0 aromatic carbocycles. The number of carbonyl (C=O) groups is 1. The van der Waals surface area contributed by atoms with Crippen molar-refractivity contribution in [3.8, 4) is 10.7 Å². The van der Waals surface area contributed by atoms with Crippen molar-refractivity contribution >= 4 is 38.8 Å². The summed E-state index contributed by atoms with van der Waals surface area (Å²) in [5.74, 6) is 0.936. The second-order valence-corrected chi connectivity index (χ2v) is 10.8. The van der Waals surface area contributed by atoms with E-state index in [9.17, 15) is 13.2 Å². The standard InChI is InChI=1S/C16H22N4O3S3/c1-4-20-14(13-6-5-8-24-13)17-18-16(20)25-11(2)15(21)19(3)12-7-9-26(22,23)10-12/h5-6,8,11-12H,4,7,9-10H2,1-3H3/t11-,12-/m1/s1. The SMILES string of the molecule is CCn1c(S[C@H](C)C(=O)N(C)[C@@H]2CCS(=O)(=O)C2)nnc1-c1cccs1. The fourth-order valence-electron chi connectivity index (χ4n) is 3.01. The molecule has 1 saturated heterocycles. The fourth-order valence-corrected chi connectivity index (χ4v) is 6.51. The minimum Gasteiger partial charge on any atom is -0.341 e. The third-order valence-corrected chi connectivity index (χ3v) is 8.19. The van der Waals surface area contributed by atoms with E-state index in [1.54, 1.807) is 23.3 Å². The molecule has 10 heteroatoms. The van der Waals surface area contributed by atoms with Crippen LogP contribution in [0.5, 0.6) is 0 Å². The van der Waals surface area contributed by atoms with Gasteiger partial charge in [0.15, 0.2) is 20.8 Å². The molecule has 2 aromatic rings. The first-order valence-electron chi connectivity index (χ1n) is 8.43. The Labute approximate surface area is 161 Å². The van der Waals surface area contributed by atoms with Crippen LogP contribution in [-0.2, 0) is 21.2 Å². The van der Waals surface area contributed by atoms with Crippen molar-refractivity contribution in [3.63, 3.8) is 0 Å². The number of nitrogens with zero attached hydrogens (tertiary/aromatic N) is 4. The van der Waals surface area contributed by atoms with Crippen molar-refractivity contribution in [1.29, 1.82) is 0 Å². The number of thiophene rings is 1. The summed E-state index contributed by atoms with van der Waals surface area (Å²) in [7, 11) is -1.33. The lowest BCUT2D eigenvalue weighted by molar-refractivity contribution is -0.130. The molecule has 2 atom stereocenters. The lowest BCUT2D eigenvalue weighted by Gasteiger charge is -2.26. The second-order valence-electron chi connectivity index (χ2n) is 6.29. The fraction of sp³-hybridized carbons (Fsp3) is 0.562. The molecular formula is C16H22N4O3S3. The maximum atomic E-state index is 12.7. The largest absolute Gasteiger partial charge is 0.341 e. The molecule has 1 amide bonds. The van der Waals surface area contributed by atoms with Crippen LogP contribution >= 0.6 is 23.1 Å². The predicted molar refractivity (Wildman–Crippen MR) is 104 cm³/mol. The van der Waals surface area contributed by atoms with Gasteiger partial charge >= 0.3 is 0 Å². The minimum atomic E-state index is -3.02. The summed E-state index contributed by atoms with van der Waals surface area (Å²) < 4.78 is 25.3. The number of rotatable bonds is 6. The van der Waals surface area contributed by atoms with Crippen molar-refractivity contribution in [2.24, 2.45) is 0 Å². The van der Waals surface area contributed by atoms with E-state index in [0.717, 1.165) is 10.7 Å². The highest BCUT2D eigenvalue weighted by atomic mass is 32.2. The van der Waals surface area contributed by atoms with Crippen molar-refractivity contribution in [2.45, 2.75) is 43.3 Å². The number of carbonyl (C=O) groups excluding carboxylic acids is 1. The van der Waals surface area contributed by atoms with Gasteiger partial charge in [0.2, 0.25) is 5.91 Å². The van der Waals surface area contributed by atoms with Crippen LogP contribution in [0, 0.1) is 0 Å². The minimum absolute atomic E-state index is 0.0558. The van der Waals surface area contributed by atoms with Crippen molar-refractivity contribution in [2.75, 3.05) is 18.6 Å². The molecule has 0 spiro atoms. The number of sulfone groups is 1. The summed E-state index contributed by atoms with van der Waals surface area (Å²) in [5.41, 5.74) is 0. The molecule has 2 aromatic heterocycles. The zero-order chi connectivity index (χ0) is 18.9. The number of amides is 1. The van der Waals surface area contributed by atoms with E-state index in [1.807, 2.05) is 35.9 Å². The van der Waals surface area contributed by atoms with E-state index < -0.39 is 9.84 Å². The van der Waals surface area contributed by atoms with Gasteiger partial charge in [-0.1, -0.05) is 17.8 Å². The Morgan fingerprint density at radius 1 is 1.50 bits per heavy atom. The van der Waals surface area contributed by atoms with Gasteiger partial charge < -0.3 is 9.47 Å². The van der Waals surface area contributed by atoms with Crippen LogP contribution in [0.2, 0.25) is 0 Å². The lowest BCUT2D eigenvalue weighted by Crippen LogP contribution is -2.41. The molecule has 0 unspecified atom stereocenters. The first-order chi connectivity index (χ1) is 12.3. The zero-order valence-electron chi connectivity index (χ0n) is 15.0. The quantitative estimate of drug-likeness (QED) is 0.674. The normalized spacial score (nSPS) is 20.2. The van der Waals surface area contributed by atoms with Crippen LogP contribution in [-0.4, -0.2) is 63.8 Å². The molecule has 142 valence electrons. The Bertz CT molecular complexity index is 877. The van der Waals surface area contributed by atoms with Gasteiger partial charge in [0.25, 0.3) is 0 Å². The summed E-state index contributed by atoms with van der Waals surface area (Å²) in [4.78, 5) is 15.4. The summed E-state index contributed by atoms with van der Waals surface area (Å²) >= 11 is 2.96. The van der Waals surface area contributed by atoms with Crippen LogP contribution in [0.1, 0.15) is 20.3 Å². The Hall–Kier alpha value is -1.39. The van der Waals surface area contributed by atoms with Crippen molar-refractivity contribution in [1.82, 2.24) is 19.7 Å². The predicted octanol–water partition coefficient (Wildman–Crippen LogP) is 2.15. The lowest BCUT2D eigenvalue weighted by atomic mass is 10.2. The van der Waals surface area contributed by atoms with Gasteiger partial charge in [-0.2, -0.15) is 0 Å². The molecule has 0 saturated carbocycles. The van der Waals surface area contributed by atoms with E-state index >= 15 is 0 Å². The highest BCUT2D eigenvalue weighted by molar-refractivity contribution is 8.00. The highest BCUT2D eigenvalue weighted by Crippen LogP contribution is 2.30. The number of thioether (sulfide) groups is 1. The maximum Gasteiger partial charge on any atom is 0.235 e. The smallest absolute Gasteiger partial charge is 0.235 e. The molecule has 0 aliphatic carbocycles. The van der Waals surface area contributed by atoms with E-state index in [2.05, 4.69) is 10.2 Å². The van der Waals surface area contributed by atoms with Gasteiger partial charge in [-0.05, 0) is 31.7 Å². The molecule has 3 rings (SSSR count). The molecule has 0 radical (unpaired) electrons. The molecule has 0 N–H and O–H groups in total. The van der Waals surface area contributed by atoms with E-state index in [-0.39, 0.29) is 28.7 Å². The number of hydrogen-bond donors (Lipinski definition) is 0. The van der Waals surface area contributed by atoms with E-state index in [1.165, 1.54) is 11.8 Å². The number of hydrogen-bond acceptors (Lipinski definition) is 7. The third kappa shape index (κ3) is 3.96. The van der Waals surface area contributed by atoms with Gasteiger partial charge in [-0.25, -0.2) is 8.42 Å². The second kappa shape index (κ2) is 7.69. The summed E-state index contributed by atoms with van der Waals surface area (Å²) in [5, 5.41) is 10.9. The maximum absolute atomic E-state index is 12.7. The Kier molecular flexibility index (Phi) is 5.73. The Balaban J connectivity index is 1.71. The first-order valence-corrected chi connectivity index (χ1v) is 12.0. The van der Waals surface area contributed by atoms with Gasteiger partial charge in [-0.15, -0.1) is 21.5 Å². The van der Waals surface area contributed by atoms with Crippen LogP contribution in [0.15, 0.2) is 22.7 Å². The van der Waals surface area contributed by atoms with E-state index in [0.29, 0.717) is 18.1 Å². The molecule has 0 bridgehead atoms.